The van der Waals surface area contributed by atoms with Gasteiger partial charge in [-0.15, -0.1) is 0 Å². The Bertz CT molecular complexity index is 1820. The average Bonchev–Trinajstić information content (AvgIpc) is 3.73. The minimum Gasteiger partial charge on any atom is -0.445 e. The standard InChI is InChI=1S/C38H42N4O4/c1-26-22-27(2)35-32(17-21-41(35)37(44)46-38(3,4)5)33(26)23-30-16-20-40(36(43)45-25-28-10-7-6-8-11-28)24-34(30)29-12-14-31(15-13-29)42-19-9-18-39-42/h6-15,17-19,21-22,30,34H,16,20,23-25H2,1-5H3/t30-,34-/m0/s1. The second-order valence-electron chi connectivity index (χ2n) is 13.3. The minimum atomic E-state index is -0.592. The molecule has 1 fully saturated rings. The van der Waals surface area contributed by atoms with Gasteiger partial charge in [-0.25, -0.2) is 14.3 Å². The van der Waals surface area contributed by atoms with Crippen LogP contribution in [0, 0.1) is 19.8 Å². The number of aryl methyl sites for hydroxylation is 2. The summed E-state index contributed by atoms with van der Waals surface area (Å²) in [6.07, 6.45) is 6.50. The van der Waals surface area contributed by atoms with E-state index in [9.17, 15) is 9.59 Å². The van der Waals surface area contributed by atoms with Gasteiger partial charge in [0.25, 0.3) is 0 Å². The van der Waals surface area contributed by atoms with Gasteiger partial charge in [-0.1, -0.05) is 48.5 Å². The van der Waals surface area contributed by atoms with E-state index in [-0.39, 0.29) is 30.6 Å². The fourth-order valence-electron chi connectivity index (χ4n) is 6.66. The van der Waals surface area contributed by atoms with Gasteiger partial charge in [-0.3, -0.25) is 4.57 Å². The van der Waals surface area contributed by atoms with Crippen LogP contribution < -0.4 is 0 Å². The molecular weight excluding hydrogens is 576 g/mol. The molecule has 0 aliphatic carbocycles. The highest BCUT2D eigenvalue weighted by atomic mass is 16.6. The molecule has 5 aromatic rings. The molecule has 3 heterocycles. The lowest BCUT2D eigenvalue weighted by atomic mass is 9.76. The number of ether oxygens (including phenoxy) is 2. The van der Waals surface area contributed by atoms with Gasteiger partial charge in [0.15, 0.2) is 0 Å². The highest BCUT2D eigenvalue weighted by molar-refractivity contribution is 5.94. The van der Waals surface area contributed by atoms with Crippen molar-refractivity contribution in [1.29, 1.82) is 0 Å². The van der Waals surface area contributed by atoms with Crippen molar-refractivity contribution in [3.63, 3.8) is 0 Å². The third-order valence-corrected chi connectivity index (χ3v) is 8.86. The first-order valence-corrected chi connectivity index (χ1v) is 16.0. The molecule has 1 aliphatic heterocycles. The predicted molar refractivity (Wildman–Crippen MR) is 179 cm³/mol. The summed E-state index contributed by atoms with van der Waals surface area (Å²) in [5.41, 5.74) is 6.88. The van der Waals surface area contributed by atoms with E-state index in [1.807, 2.05) is 92.1 Å². The Kier molecular flexibility index (Phi) is 8.71. The number of benzene rings is 3. The van der Waals surface area contributed by atoms with E-state index >= 15 is 0 Å². The highest BCUT2D eigenvalue weighted by Crippen LogP contribution is 2.38. The molecule has 0 unspecified atom stereocenters. The van der Waals surface area contributed by atoms with Crippen LogP contribution in [0.15, 0.2) is 91.4 Å². The van der Waals surface area contributed by atoms with Gasteiger partial charge in [0.05, 0.1) is 11.2 Å². The average molecular weight is 619 g/mol. The lowest BCUT2D eigenvalue weighted by Gasteiger charge is -2.39. The summed E-state index contributed by atoms with van der Waals surface area (Å²) in [5, 5.41) is 5.44. The summed E-state index contributed by atoms with van der Waals surface area (Å²) in [4.78, 5) is 28.3. The van der Waals surface area contributed by atoms with Crippen LogP contribution in [0.3, 0.4) is 0 Å². The lowest BCUT2D eigenvalue weighted by molar-refractivity contribution is 0.0544. The van der Waals surface area contributed by atoms with E-state index in [1.54, 1.807) is 10.8 Å². The fourth-order valence-corrected chi connectivity index (χ4v) is 6.66. The zero-order valence-electron chi connectivity index (χ0n) is 27.3. The number of rotatable bonds is 6. The van der Waals surface area contributed by atoms with E-state index in [0.717, 1.165) is 40.6 Å². The van der Waals surface area contributed by atoms with Gasteiger partial charge in [0, 0.05) is 43.0 Å². The molecule has 0 saturated carbocycles. The first-order chi connectivity index (χ1) is 22.1. The number of carbonyl (C=O) groups excluding carboxylic acids is 2. The van der Waals surface area contributed by atoms with Crippen LogP contribution in [-0.4, -0.2) is 50.1 Å². The lowest BCUT2D eigenvalue weighted by Crippen LogP contribution is -2.43. The van der Waals surface area contributed by atoms with Gasteiger partial charge in [0.1, 0.15) is 12.2 Å². The van der Waals surface area contributed by atoms with Crippen molar-refractivity contribution in [2.75, 3.05) is 13.1 Å². The van der Waals surface area contributed by atoms with E-state index in [0.29, 0.717) is 13.1 Å². The van der Waals surface area contributed by atoms with Crippen molar-refractivity contribution in [3.05, 3.63) is 119 Å². The van der Waals surface area contributed by atoms with Crippen molar-refractivity contribution < 1.29 is 19.1 Å². The molecule has 8 heteroatoms. The number of likely N-dealkylation sites (tertiary alicyclic amines) is 1. The molecule has 0 bridgehead atoms. The first kappa shape index (κ1) is 31.1. The maximum absolute atomic E-state index is 13.3. The predicted octanol–water partition coefficient (Wildman–Crippen LogP) is 8.21. The molecule has 1 saturated heterocycles. The third-order valence-electron chi connectivity index (χ3n) is 8.86. The van der Waals surface area contributed by atoms with Crippen LogP contribution in [0.4, 0.5) is 9.59 Å². The summed E-state index contributed by atoms with van der Waals surface area (Å²) in [7, 11) is 0. The Morgan fingerprint density at radius 3 is 2.37 bits per heavy atom. The monoisotopic (exact) mass is 618 g/mol. The van der Waals surface area contributed by atoms with Crippen LogP contribution in [0.5, 0.6) is 0 Å². The molecule has 6 rings (SSSR count). The van der Waals surface area contributed by atoms with Crippen molar-refractivity contribution >= 4 is 23.1 Å². The normalized spacial score (nSPS) is 16.8. The summed E-state index contributed by atoms with van der Waals surface area (Å²) in [6.45, 7) is 11.3. The Morgan fingerprint density at radius 2 is 1.67 bits per heavy atom. The number of hydrogen-bond acceptors (Lipinski definition) is 5. The van der Waals surface area contributed by atoms with Crippen LogP contribution in [0.25, 0.3) is 16.6 Å². The van der Waals surface area contributed by atoms with Crippen LogP contribution in [0.1, 0.15) is 60.9 Å². The third kappa shape index (κ3) is 6.71. The Hall–Kier alpha value is -4.85. The number of fused-ring (bicyclic) bond motifs is 1. The van der Waals surface area contributed by atoms with E-state index in [1.165, 1.54) is 16.7 Å². The summed E-state index contributed by atoms with van der Waals surface area (Å²) in [5.74, 6) is 0.358. The van der Waals surface area contributed by atoms with Gasteiger partial charge < -0.3 is 14.4 Å². The number of amides is 1. The smallest absolute Gasteiger partial charge is 0.418 e. The molecule has 238 valence electrons. The molecule has 2 atom stereocenters. The van der Waals surface area contributed by atoms with E-state index in [2.05, 4.69) is 42.4 Å². The number of aromatic nitrogens is 3. The molecule has 1 amide bonds. The van der Waals surface area contributed by atoms with Gasteiger partial charge in [-0.2, -0.15) is 5.10 Å². The maximum atomic E-state index is 13.3. The summed E-state index contributed by atoms with van der Waals surface area (Å²) in [6, 6.07) is 24.4. The van der Waals surface area contributed by atoms with Crippen LogP contribution in [-0.2, 0) is 22.5 Å². The van der Waals surface area contributed by atoms with Crippen LogP contribution in [0.2, 0.25) is 0 Å². The zero-order valence-corrected chi connectivity index (χ0v) is 27.3. The topological polar surface area (TPSA) is 78.6 Å². The molecule has 1 aliphatic rings. The summed E-state index contributed by atoms with van der Waals surface area (Å²) < 4.78 is 15.0. The minimum absolute atomic E-state index is 0.0911. The number of hydrogen-bond donors (Lipinski definition) is 0. The van der Waals surface area contributed by atoms with Gasteiger partial charge in [-0.05, 0) is 105 Å². The quantitative estimate of drug-likeness (QED) is 0.192. The first-order valence-electron chi connectivity index (χ1n) is 16.0. The Morgan fingerprint density at radius 1 is 0.913 bits per heavy atom. The molecule has 3 aromatic carbocycles. The molecule has 2 aromatic heterocycles. The van der Waals surface area contributed by atoms with Crippen molar-refractivity contribution in [2.45, 2.75) is 65.6 Å². The molecular formula is C38H42N4O4. The second-order valence-corrected chi connectivity index (χ2v) is 13.3. The number of piperidine rings is 1. The van der Waals surface area contributed by atoms with Crippen LogP contribution >= 0.6 is 0 Å². The number of carbonyl (C=O) groups is 2. The molecule has 46 heavy (non-hydrogen) atoms. The maximum Gasteiger partial charge on any atom is 0.418 e. The highest BCUT2D eigenvalue weighted by Gasteiger charge is 2.34. The van der Waals surface area contributed by atoms with Crippen molar-refractivity contribution in [2.24, 2.45) is 5.92 Å². The second kappa shape index (κ2) is 12.9. The van der Waals surface area contributed by atoms with Gasteiger partial charge >= 0.3 is 12.2 Å². The van der Waals surface area contributed by atoms with E-state index in [4.69, 9.17) is 9.47 Å². The van der Waals surface area contributed by atoms with Crippen molar-refractivity contribution in [3.8, 4) is 5.69 Å². The summed E-state index contributed by atoms with van der Waals surface area (Å²) >= 11 is 0. The Balaban J connectivity index is 1.29. The van der Waals surface area contributed by atoms with Gasteiger partial charge in [0.2, 0.25) is 0 Å². The number of nitrogens with zero attached hydrogens (tertiary/aromatic N) is 4. The zero-order chi connectivity index (χ0) is 32.4. The largest absolute Gasteiger partial charge is 0.445 e. The molecule has 8 nitrogen and oxygen atoms in total. The van der Waals surface area contributed by atoms with E-state index < -0.39 is 5.60 Å². The molecule has 0 spiro atoms. The van der Waals surface area contributed by atoms with Crippen molar-refractivity contribution in [1.82, 2.24) is 19.2 Å². The molecule has 0 N–H and O–H groups in total. The SMILES string of the molecule is Cc1cc(C)c2c(ccn2C(=O)OC(C)(C)C)c1C[C@@H]1CCN(C(=O)OCc2ccccc2)C[C@H]1c1ccc(-n2cccn2)cc1. The fraction of sp³-hybridized carbons (Fsp3) is 0.342. The Labute approximate surface area is 270 Å². The molecule has 0 radical (unpaired) electrons.